The minimum atomic E-state index is 0.570. The standard InChI is InChI=1S/C17H28N2O/c1-3-7-14-8-5-9-15(12-11-14)19-16-10-6-13-18-17(16)20-4-2/h6,10,13-15,19H,3-5,7-9,11-12H2,1-2H3. The molecule has 0 amide bonds. The molecule has 0 spiro atoms. The van der Waals surface area contributed by atoms with E-state index in [2.05, 4.69) is 23.3 Å². The SMILES string of the molecule is CCCC1CCCC(Nc2cccnc2OCC)CC1. The summed E-state index contributed by atoms with van der Waals surface area (Å²) in [5.74, 6) is 1.68. The fourth-order valence-corrected chi connectivity index (χ4v) is 3.19. The summed E-state index contributed by atoms with van der Waals surface area (Å²) >= 11 is 0. The summed E-state index contributed by atoms with van der Waals surface area (Å²) in [6.07, 6.45) is 11.1. The van der Waals surface area contributed by atoms with Gasteiger partial charge in [0.05, 0.1) is 12.3 Å². The Morgan fingerprint density at radius 1 is 1.25 bits per heavy atom. The van der Waals surface area contributed by atoms with E-state index in [1.165, 1.54) is 44.9 Å². The molecule has 0 aliphatic heterocycles. The summed E-state index contributed by atoms with van der Waals surface area (Å²) in [4.78, 5) is 4.32. The van der Waals surface area contributed by atoms with Gasteiger partial charge in [-0.2, -0.15) is 0 Å². The molecule has 1 aliphatic rings. The van der Waals surface area contributed by atoms with Crippen LogP contribution in [0.15, 0.2) is 18.3 Å². The lowest BCUT2D eigenvalue weighted by Gasteiger charge is -2.19. The number of nitrogens with one attached hydrogen (secondary N) is 1. The Labute approximate surface area is 123 Å². The molecular formula is C17H28N2O. The van der Waals surface area contributed by atoms with Crippen LogP contribution in [0.5, 0.6) is 5.88 Å². The summed E-state index contributed by atoms with van der Waals surface area (Å²) in [5.41, 5.74) is 1.05. The number of hydrogen-bond acceptors (Lipinski definition) is 3. The highest BCUT2D eigenvalue weighted by Crippen LogP contribution is 2.30. The number of ether oxygens (including phenoxy) is 1. The van der Waals surface area contributed by atoms with Crippen LogP contribution in [-0.4, -0.2) is 17.6 Å². The lowest BCUT2D eigenvalue weighted by molar-refractivity contribution is 0.328. The summed E-state index contributed by atoms with van der Waals surface area (Å²) in [5, 5.41) is 3.65. The molecule has 1 aliphatic carbocycles. The van der Waals surface area contributed by atoms with Gasteiger partial charge in [-0.25, -0.2) is 4.98 Å². The molecule has 1 N–H and O–H groups in total. The largest absolute Gasteiger partial charge is 0.476 e. The number of rotatable bonds is 6. The molecule has 0 radical (unpaired) electrons. The third kappa shape index (κ3) is 4.39. The van der Waals surface area contributed by atoms with Gasteiger partial charge in [-0.3, -0.25) is 0 Å². The van der Waals surface area contributed by atoms with Gasteiger partial charge in [0.25, 0.3) is 0 Å². The summed E-state index contributed by atoms with van der Waals surface area (Å²) in [6.45, 7) is 4.96. The second-order valence-corrected chi connectivity index (χ2v) is 5.79. The highest BCUT2D eigenvalue weighted by Gasteiger charge is 2.19. The third-order valence-electron chi connectivity index (χ3n) is 4.20. The van der Waals surface area contributed by atoms with Gasteiger partial charge in [0.15, 0.2) is 0 Å². The van der Waals surface area contributed by atoms with Crippen LogP contribution in [0.1, 0.15) is 58.8 Å². The van der Waals surface area contributed by atoms with E-state index in [4.69, 9.17) is 4.74 Å². The average molecular weight is 276 g/mol. The van der Waals surface area contributed by atoms with Crippen LogP contribution < -0.4 is 10.1 Å². The lowest BCUT2D eigenvalue weighted by Crippen LogP contribution is -2.19. The monoisotopic (exact) mass is 276 g/mol. The van der Waals surface area contributed by atoms with E-state index in [0.717, 1.165) is 17.5 Å². The predicted molar refractivity (Wildman–Crippen MR) is 84.3 cm³/mol. The quantitative estimate of drug-likeness (QED) is 0.768. The minimum Gasteiger partial charge on any atom is -0.476 e. The van der Waals surface area contributed by atoms with Gasteiger partial charge in [-0.15, -0.1) is 0 Å². The molecule has 1 saturated carbocycles. The Kier molecular flexibility index (Phi) is 6.16. The molecule has 20 heavy (non-hydrogen) atoms. The van der Waals surface area contributed by atoms with Crippen LogP contribution in [0, 0.1) is 5.92 Å². The van der Waals surface area contributed by atoms with E-state index < -0.39 is 0 Å². The van der Waals surface area contributed by atoms with Gasteiger partial charge in [0.2, 0.25) is 5.88 Å². The highest BCUT2D eigenvalue weighted by molar-refractivity contribution is 5.52. The molecule has 3 nitrogen and oxygen atoms in total. The van der Waals surface area contributed by atoms with Crippen molar-refractivity contribution in [3.05, 3.63) is 18.3 Å². The molecule has 1 fully saturated rings. The minimum absolute atomic E-state index is 0.570. The van der Waals surface area contributed by atoms with Crippen molar-refractivity contribution >= 4 is 5.69 Å². The Morgan fingerprint density at radius 2 is 2.15 bits per heavy atom. The molecule has 1 aromatic rings. The van der Waals surface area contributed by atoms with Gasteiger partial charge in [0.1, 0.15) is 0 Å². The van der Waals surface area contributed by atoms with Crippen LogP contribution in [-0.2, 0) is 0 Å². The van der Waals surface area contributed by atoms with E-state index in [0.29, 0.717) is 12.6 Å². The molecular weight excluding hydrogens is 248 g/mol. The number of nitrogens with zero attached hydrogens (tertiary/aromatic N) is 1. The summed E-state index contributed by atoms with van der Waals surface area (Å²) in [7, 11) is 0. The van der Waals surface area contributed by atoms with Crippen LogP contribution in [0.2, 0.25) is 0 Å². The van der Waals surface area contributed by atoms with E-state index in [1.807, 2.05) is 13.0 Å². The first-order valence-corrected chi connectivity index (χ1v) is 8.17. The summed E-state index contributed by atoms with van der Waals surface area (Å²) in [6, 6.07) is 4.62. The number of pyridine rings is 1. The van der Waals surface area contributed by atoms with E-state index >= 15 is 0 Å². The average Bonchev–Trinajstić information content (AvgIpc) is 2.68. The molecule has 0 aromatic carbocycles. The zero-order chi connectivity index (χ0) is 14.2. The molecule has 2 rings (SSSR count). The highest BCUT2D eigenvalue weighted by atomic mass is 16.5. The predicted octanol–water partition coefficient (Wildman–Crippen LogP) is 4.64. The van der Waals surface area contributed by atoms with Crippen molar-refractivity contribution in [1.82, 2.24) is 4.98 Å². The molecule has 2 atom stereocenters. The molecule has 3 heteroatoms. The van der Waals surface area contributed by atoms with E-state index in [9.17, 15) is 0 Å². The Hall–Kier alpha value is -1.25. The molecule has 0 saturated heterocycles. The smallest absolute Gasteiger partial charge is 0.237 e. The fourth-order valence-electron chi connectivity index (χ4n) is 3.19. The number of aromatic nitrogens is 1. The maximum atomic E-state index is 5.60. The van der Waals surface area contributed by atoms with Crippen molar-refractivity contribution in [2.24, 2.45) is 5.92 Å². The third-order valence-corrected chi connectivity index (χ3v) is 4.20. The molecule has 0 bridgehead atoms. The number of hydrogen-bond donors (Lipinski definition) is 1. The van der Waals surface area contributed by atoms with Crippen molar-refractivity contribution in [2.75, 3.05) is 11.9 Å². The zero-order valence-electron chi connectivity index (χ0n) is 12.9. The fraction of sp³-hybridized carbons (Fsp3) is 0.706. The Bertz CT molecular complexity index is 394. The first-order chi connectivity index (χ1) is 9.83. The van der Waals surface area contributed by atoms with Crippen LogP contribution in [0.25, 0.3) is 0 Å². The molecule has 1 aromatic heterocycles. The Balaban J connectivity index is 1.93. The van der Waals surface area contributed by atoms with Crippen molar-refractivity contribution in [3.8, 4) is 5.88 Å². The van der Waals surface area contributed by atoms with E-state index in [-0.39, 0.29) is 0 Å². The lowest BCUT2D eigenvalue weighted by atomic mass is 9.95. The summed E-state index contributed by atoms with van der Waals surface area (Å²) < 4.78 is 5.60. The van der Waals surface area contributed by atoms with Gasteiger partial charge < -0.3 is 10.1 Å². The second kappa shape index (κ2) is 8.13. The maximum absolute atomic E-state index is 5.60. The Morgan fingerprint density at radius 3 is 2.95 bits per heavy atom. The molecule has 2 unspecified atom stereocenters. The second-order valence-electron chi connectivity index (χ2n) is 5.79. The van der Waals surface area contributed by atoms with Crippen molar-refractivity contribution < 1.29 is 4.74 Å². The van der Waals surface area contributed by atoms with Crippen LogP contribution in [0.4, 0.5) is 5.69 Å². The van der Waals surface area contributed by atoms with Crippen molar-refractivity contribution in [2.45, 2.75) is 64.8 Å². The topological polar surface area (TPSA) is 34.2 Å². The van der Waals surface area contributed by atoms with Crippen molar-refractivity contribution in [3.63, 3.8) is 0 Å². The molecule has 112 valence electrons. The normalized spacial score (nSPS) is 23.1. The molecule has 1 heterocycles. The van der Waals surface area contributed by atoms with Gasteiger partial charge >= 0.3 is 0 Å². The first-order valence-electron chi connectivity index (χ1n) is 8.17. The van der Waals surface area contributed by atoms with Crippen LogP contribution in [0.3, 0.4) is 0 Å². The maximum Gasteiger partial charge on any atom is 0.237 e. The van der Waals surface area contributed by atoms with Crippen molar-refractivity contribution in [1.29, 1.82) is 0 Å². The van der Waals surface area contributed by atoms with E-state index in [1.54, 1.807) is 6.20 Å². The first kappa shape index (κ1) is 15.1. The van der Waals surface area contributed by atoms with Gasteiger partial charge in [-0.05, 0) is 44.2 Å². The zero-order valence-corrected chi connectivity index (χ0v) is 12.9. The van der Waals surface area contributed by atoms with Gasteiger partial charge in [-0.1, -0.05) is 32.6 Å². The van der Waals surface area contributed by atoms with Gasteiger partial charge in [0, 0.05) is 12.2 Å². The number of anilines is 1. The van der Waals surface area contributed by atoms with Crippen LogP contribution >= 0.6 is 0 Å².